The Morgan fingerprint density at radius 2 is 2.05 bits per heavy atom. The van der Waals surface area contributed by atoms with Crippen molar-refractivity contribution < 1.29 is 14.7 Å². The Morgan fingerprint density at radius 3 is 2.50 bits per heavy atom. The van der Waals surface area contributed by atoms with Gasteiger partial charge in [0.05, 0.1) is 12.3 Å². The summed E-state index contributed by atoms with van der Waals surface area (Å²) >= 11 is 0. The van der Waals surface area contributed by atoms with Crippen molar-refractivity contribution in [3.8, 4) is 0 Å². The van der Waals surface area contributed by atoms with Crippen LogP contribution in [0.2, 0.25) is 0 Å². The van der Waals surface area contributed by atoms with E-state index in [1.165, 1.54) is 0 Å². The third kappa shape index (κ3) is 3.95. The molecule has 0 aromatic carbocycles. The average Bonchev–Trinajstić information content (AvgIpc) is 2.86. The molecule has 2 aliphatic rings. The lowest BCUT2D eigenvalue weighted by atomic mass is 9.85. The summed E-state index contributed by atoms with van der Waals surface area (Å²) in [7, 11) is 0. The molecule has 0 radical (unpaired) electrons. The Labute approximate surface area is 120 Å². The monoisotopic (exact) mass is 282 g/mol. The van der Waals surface area contributed by atoms with E-state index in [-0.39, 0.29) is 29.7 Å². The van der Waals surface area contributed by atoms with Gasteiger partial charge in [0.2, 0.25) is 5.91 Å². The van der Waals surface area contributed by atoms with Crippen molar-refractivity contribution in [2.24, 2.45) is 11.3 Å². The largest absolute Gasteiger partial charge is 0.481 e. The van der Waals surface area contributed by atoms with Crippen molar-refractivity contribution >= 4 is 11.9 Å². The number of fused-ring (bicyclic) bond motifs is 2. The first-order valence-corrected chi connectivity index (χ1v) is 7.53. The van der Waals surface area contributed by atoms with Crippen LogP contribution < -0.4 is 10.6 Å². The second-order valence-corrected chi connectivity index (χ2v) is 7.46. The molecule has 4 unspecified atom stereocenters. The fourth-order valence-electron chi connectivity index (χ4n) is 3.55. The first-order chi connectivity index (χ1) is 9.24. The number of rotatable bonds is 5. The van der Waals surface area contributed by atoms with Gasteiger partial charge in [-0.1, -0.05) is 20.8 Å². The van der Waals surface area contributed by atoms with Crippen LogP contribution in [0.3, 0.4) is 0 Å². The van der Waals surface area contributed by atoms with Crippen molar-refractivity contribution in [1.29, 1.82) is 0 Å². The van der Waals surface area contributed by atoms with Crippen LogP contribution >= 0.6 is 0 Å². The van der Waals surface area contributed by atoms with Crippen LogP contribution in [0.15, 0.2) is 0 Å². The maximum absolute atomic E-state index is 12.4. The summed E-state index contributed by atoms with van der Waals surface area (Å²) in [6, 6.07) is 0.496. The topological polar surface area (TPSA) is 78.4 Å². The van der Waals surface area contributed by atoms with E-state index in [1.807, 2.05) is 0 Å². The van der Waals surface area contributed by atoms with E-state index in [0.29, 0.717) is 18.5 Å². The number of hydrogen-bond acceptors (Lipinski definition) is 3. The molecule has 0 saturated carbocycles. The smallest absolute Gasteiger partial charge is 0.305 e. The Balaban J connectivity index is 1.92. The zero-order chi connectivity index (χ0) is 14.9. The summed E-state index contributed by atoms with van der Waals surface area (Å²) in [4.78, 5) is 23.3. The molecular formula is C15H26N2O3. The minimum atomic E-state index is -0.856. The van der Waals surface area contributed by atoms with E-state index in [4.69, 9.17) is 5.11 Å². The number of carbonyl (C=O) groups excluding carboxylic acids is 1. The molecule has 4 atom stereocenters. The highest BCUT2D eigenvalue weighted by atomic mass is 16.4. The lowest BCUT2D eigenvalue weighted by Gasteiger charge is -2.28. The van der Waals surface area contributed by atoms with Gasteiger partial charge >= 0.3 is 5.97 Å². The molecule has 2 bridgehead atoms. The highest BCUT2D eigenvalue weighted by molar-refractivity contribution is 5.81. The minimum Gasteiger partial charge on any atom is -0.481 e. The van der Waals surface area contributed by atoms with Crippen LogP contribution in [0.25, 0.3) is 0 Å². The fraction of sp³-hybridized carbons (Fsp3) is 0.867. The van der Waals surface area contributed by atoms with Crippen molar-refractivity contribution in [1.82, 2.24) is 10.6 Å². The SMILES string of the molecule is CC(C)(C)CC(CC(=O)O)NC(=O)C1CC2CCC1N2. The molecule has 2 heterocycles. The summed E-state index contributed by atoms with van der Waals surface area (Å²) in [5.41, 5.74) is 0.000325. The predicted octanol–water partition coefficient (Wildman–Crippen LogP) is 1.52. The lowest BCUT2D eigenvalue weighted by molar-refractivity contribution is -0.138. The van der Waals surface area contributed by atoms with Gasteiger partial charge < -0.3 is 15.7 Å². The van der Waals surface area contributed by atoms with E-state index in [1.54, 1.807) is 0 Å². The lowest BCUT2D eigenvalue weighted by Crippen LogP contribution is -2.44. The van der Waals surface area contributed by atoms with Crippen LogP contribution in [0.1, 0.15) is 52.9 Å². The molecule has 5 nitrogen and oxygen atoms in total. The standard InChI is InChI=1S/C15H26N2O3/c1-15(2,3)8-10(7-13(18)19)17-14(20)11-6-9-4-5-12(11)16-9/h9-12,16H,4-8H2,1-3H3,(H,17,20)(H,18,19). The van der Waals surface area contributed by atoms with Crippen LogP contribution in [0, 0.1) is 11.3 Å². The maximum atomic E-state index is 12.4. The number of carbonyl (C=O) groups is 2. The third-order valence-electron chi connectivity index (χ3n) is 4.26. The molecule has 0 spiro atoms. The average molecular weight is 282 g/mol. The molecule has 0 aliphatic carbocycles. The van der Waals surface area contributed by atoms with Gasteiger partial charge in [-0.3, -0.25) is 9.59 Å². The zero-order valence-electron chi connectivity index (χ0n) is 12.6. The molecule has 1 amide bonds. The van der Waals surface area contributed by atoms with Crippen LogP contribution in [-0.4, -0.2) is 35.1 Å². The maximum Gasteiger partial charge on any atom is 0.305 e. The van der Waals surface area contributed by atoms with Crippen LogP contribution in [0.5, 0.6) is 0 Å². The first kappa shape index (κ1) is 15.3. The summed E-state index contributed by atoms with van der Waals surface area (Å²) < 4.78 is 0. The number of hydrogen-bond donors (Lipinski definition) is 3. The normalized spacial score (nSPS) is 30.2. The Bertz CT molecular complexity index is 389. The molecule has 2 rings (SSSR count). The van der Waals surface area contributed by atoms with Crippen molar-refractivity contribution in [2.45, 2.75) is 71.0 Å². The van der Waals surface area contributed by atoms with E-state index < -0.39 is 5.97 Å². The minimum absolute atomic E-state index is 0.000325. The zero-order valence-corrected chi connectivity index (χ0v) is 12.6. The summed E-state index contributed by atoms with van der Waals surface area (Å²) in [5, 5.41) is 15.4. The molecule has 114 valence electrons. The van der Waals surface area contributed by atoms with Crippen LogP contribution in [-0.2, 0) is 9.59 Å². The molecule has 2 fully saturated rings. The van der Waals surface area contributed by atoms with E-state index in [2.05, 4.69) is 31.4 Å². The van der Waals surface area contributed by atoms with Gasteiger partial charge in [-0.15, -0.1) is 0 Å². The predicted molar refractivity (Wildman–Crippen MR) is 76.3 cm³/mol. The Hall–Kier alpha value is -1.10. The van der Waals surface area contributed by atoms with Gasteiger partial charge in [0.1, 0.15) is 0 Å². The van der Waals surface area contributed by atoms with Crippen molar-refractivity contribution in [2.75, 3.05) is 0 Å². The summed E-state index contributed by atoms with van der Waals surface area (Å²) in [6.07, 6.45) is 3.79. The van der Waals surface area contributed by atoms with Gasteiger partial charge in [-0.05, 0) is 31.1 Å². The fourth-order valence-corrected chi connectivity index (χ4v) is 3.55. The number of carboxylic acid groups (broad SMARTS) is 1. The van der Waals surface area contributed by atoms with E-state index >= 15 is 0 Å². The number of carboxylic acids is 1. The van der Waals surface area contributed by atoms with Crippen molar-refractivity contribution in [3.63, 3.8) is 0 Å². The van der Waals surface area contributed by atoms with E-state index in [9.17, 15) is 9.59 Å². The highest BCUT2D eigenvalue weighted by Gasteiger charge is 2.43. The molecule has 3 N–H and O–H groups in total. The van der Waals surface area contributed by atoms with Gasteiger partial charge in [0.25, 0.3) is 0 Å². The van der Waals surface area contributed by atoms with Gasteiger partial charge in [0.15, 0.2) is 0 Å². The number of nitrogens with one attached hydrogen (secondary N) is 2. The quantitative estimate of drug-likeness (QED) is 0.714. The van der Waals surface area contributed by atoms with E-state index in [0.717, 1.165) is 19.3 Å². The molecule has 2 saturated heterocycles. The molecule has 0 aromatic heterocycles. The van der Waals surface area contributed by atoms with Gasteiger partial charge in [0, 0.05) is 18.1 Å². The highest BCUT2D eigenvalue weighted by Crippen LogP contribution is 2.33. The molecular weight excluding hydrogens is 256 g/mol. The molecule has 0 aromatic rings. The molecule has 5 heteroatoms. The number of aliphatic carboxylic acids is 1. The van der Waals surface area contributed by atoms with Crippen LogP contribution in [0.4, 0.5) is 0 Å². The molecule has 2 aliphatic heterocycles. The number of amides is 1. The van der Waals surface area contributed by atoms with Gasteiger partial charge in [-0.2, -0.15) is 0 Å². The second kappa shape index (κ2) is 5.72. The van der Waals surface area contributed by atoms with Crippen molar-refractivity contribution in [3.05, 3.63) is 0 Å². The Kier molecular flexibility index (Phi) is 4.37. The van der Waals surface area contributed by atoms with Gasteiger partial charge in [-0.25, -0.2) is 0 Å². The third-order valence-corrected chi connectivity index (χ3v) is 4.26. The Morgan fingerprint density at radius 1 is 1.35 bits per heavy atom. The second-order valence-electron chi connectivity index (χ2n) is 7.46. The summed E-state index contributed by atoms with van der Waals surface area (Å²) in [5.74, 6) is -0.809. The molecule has 20 heavy (non-hydrogen) atoms. The summed E-state index contributed by atoms with van der Waals surface area (Å²) in [6.45, 7) is 6.19. The first-order valence-electron chi connectivity index (χ1n) is 7.53.